The van der Waals surface area contributed by atoms with Gasteiger partial charge in [-0.1, -0.05) is 56.9 Å². The number of amides is 1. The van der Waals surface area contributed by atoms with Gasteiger partial charge < -0.3 is 5.32 Å². The molecule has 142 valence electrons. The van der Waals surface area contributed by atoms with Crippen LogP contribution < -0.4 is 5.32 Å². The quantitative estimate of drug-likeness (QED) is 0.493. The minimum absolute atomic E-state index is 0.0842. The van der Waals surface area contributed by atoms with Gasteiger partial charge >= 0.3 is 0 Å². The summed E-state index contributed by atoms with van der Waals surface area (Å²) < 4.78 is 27.2. The molecule has 0 aliphatic heterocycles. The molecule has 1 unspecified atom stereocenters. The fraction of sp³-hybridized carbons (Fsp3) is 0.500. The lowest BCUT2D eigenvalue weighted by Crippen LogP contribution is -2.18. The van der Waals surface area contributed by atoms with E-state index in [-0.39, 0.29) is 17.2 Å². The Kier molecular flexibility index (Phi) is 7.11. The molecule has 1 heterocycles. The molecule has 8 heteroatoms. The predicted molar refractivity (Wildman–Crippen MR) is 102 cm³/mol. The van der Waals surface area contributed by atoms with Gasteiger partial charge in [-0.15, -0.1) is 10.2 Å². The third-order valence-electron chi connectivity index (χ3n) is 3.51. The van der Waals surface area contributed by atoms with Crippen LogP contribution >= 0.6 is 23.1 Å². The van der Waals surface area contributed by atoms with Crippen LogP contribution in [0.1, 0.15) is 46.1 Å². The molecule has 4 nitrogen and oxygen atoms in total. The maximum atomic E-state index is 13.6. The number of thioether (sulfide) groups is 1. The molecule has 1 aromatic heterocycles. The van der Waals surface area contributed by atoms with Gasteiger partial charge in [-0.25, -0.2) is 8.78 Å². The minimum Gasteiger partial charge on any atom is -0.300 e. The second kappa shape index (κ2) is 8.90. The topological polar surface area (TPSA) is 54.9 Å². The molecule has 0 bridgehead atoms. The van der Waals surface area contributed by atoms with Crippen LogP contribution in [0.4, 0.5) is 13.9 Å². The second-order valence-corrected chi connectivity index (χ2v) is 9.72. The van der Waals surface area contributed by atoms with E-state index >= 15 is 0 Å². The van der Waals surface area contributed by atoms with Crippen LogP contribution in [0.15, 0.2) is 22.5 Å². The van der Waals surface area contributed by atoms with Crippen LogP contribution in [-0.2, 0) is 10.5 Å². The molecule has 1 aromatic carbocycles. The van der Waals surface area contributed by atoms with E-state index in [1.807, 2.05) is 0 Å². The normalized spacial score (nSPS) is 12.8. The van der Waals surface area contributed by atoms with Crippen molar-refractivity contribution in [2.24, 2.45) is 11.3 Å². The largest absolute Gasteiger partial charge is 0.300 e. The summed E-state index contributed by atoms with van der Waals surface area (Å²) in [5, 5.41) is 11.1. The first-order valence-electron chi connectivity index (χ1n) is 8.32. The summed E-state index contributed by atoms with van der Waals surface area (Å²) in [7, 11) is 0. The van der Waals surface area contributed by atoms with Crippen LogP contribution in [0.25, 0.3) is 0 Å². The number of carbonyl (C=O) groups excluding carboxylic acids is 1. The number of halogens is 2. The Morgan fingerprint density at radius 2 is 2.04 bits per heavy atom. The van der Waals surface area contributed by atoms with Gasteiger partial charge in [-0.2, -0.15) is 0 Å². The summed E-state index contributed by atoms with van der Waals surface area (Å²) in [6, 6.07) is 3.50. The molecule has 0 radical (unpaired) electrons. The summed E-state index contributed by atoms with van der Waals surface area (Å²) in [4.78, 5) is 12.1. The van der Waals surface area contributed by atoms with E-state index in [2.05, 4.69) is 43.2 Å². The number of aromatic nitrogens is 2. The lowest BCUT2D eigenvalue weighted by atomic mass is 9.84. The molecular weight excluding hydrogens is 376 g/mol. The van der Waals surface area contributed by atoms with Crippen molar-refractivity contribution in [2.45, 2.75) is 50.6 Å². The Hall–Kier alpha value is -1.54. The molecule has 2 aromatic rings. The monoisotopic (exact) mass is 399 g/mol. The molecule has 26 heavy (non-hydrogen) atoms. The predicted octanol–water partition coefficient (Wildman–Crippen LogP) is 5.51. The Morgan fingerprint density at radius 3 is 2.69 bits per heavy atom. The zero-order valence-corrected chi connectivity index (χ0v) is 16.9. The molecule has 0 fully saturated rings. The van der Waals surface area contributed by atoms with Crippen molar-refractivity contribution >= 4 is 34.1 Å². The maximum Gasteiger partial charge on any atom is 0.226 e. The minimum atomic E-state index is -0.599. The van der Waals surface area contributed by atoms with E-state index in [0.29, 0.717) is 27.2 Å². The average Bonchev–Trinajstić information content (AvgIpc) is 2.91. The molecule has 0 saturated carbocycles. The molecule has 1 atom stereocenters. The highest BCUT2D eigenvalue weighted by Gasteiger charge is 2.18. The maximum absolute atomic E-state index is 13.6. The summed E-state index contributed by atoms with van der Waals surface area (Å²) in [5.41, 5.74) is 0.579. The van der Waals surface area contributed by atoms with Gasteiger partial charge in [0.15, 0.2) is 4.34 Å². The highest BCUT2D eigenvalue weighted by Crippen LogP contribution is 2.30. The van der Waals surface area contributed by atoms with Crippen molar-refractivity contribution < 1.29 is 13.6 Å². The second-order valence-electron chi connectivity index (χ2n) is 7.52. The zero-order valence-electron chi connectivity index (χ0n) is 15.3. The summed E-state index contributed by atoms with van der Waals surface area (Å²) in [6.07, 6.45) is 1.39. The number of hydrogen-bond donors (Lipinski definition) is 1. The van der Waals surface area contributed by atoms with E-state index < -0.39 is 11.6 Å². The van der Waals surface area contributed by atoms with Crippen molar-refractivity contribution in [1.29, 1.82) is 0 Å². The number of hydrogen-bond acceptors (Lipinski definition) is 5. The highest BCUT2D eigenvalue weighted by molar-refractivity contribution is 8.00. The van der Waals surface area contributed by atoms with Crippen LogP contribution in [0, 0.1) is 23.0 Å². The third-order valence-corrected chi connectivity index (χ3v) is 5.53. The number of nitrogens with zero attached hydrogens (tertiary/aromatic N) is 2. The number of carbonyl (C=O) groups is 1. The number of rotatable bonds is 7. The van der Waals surface area contributed by atoms with Crippen molar-refractivity contribution in [1.82, 2.24) is 10.2 Å². The number of anilines is 1. The number of benzene rings is 1. The molecule has 0 aliphatic rings. The van der Waals surface area contributed by atoms with Gasteiger partial charge in [-0.3, -0.25) is 4.79 Å². The van der Waals surface area contributed by atoms with Gasteiger partial charge in [0.25, 0.3) is 0 Å². The molecule has 0 aliphatic carbocycles. The van der Waals surface area contributed by atoms with E-state index in [1.54, 1.807) is 0 Å². The molecule has 2 rings (SSSR count). The van der Waals surface area contributed by atoms with Crippen molar-refractivity contribution in [3.8, 4) is 0 Å². The van der Waals surface area contributed by atoms with E-state index in [4.69, 9.17) is 0 Å². The van der Waals surface area contributed by atoms with Gasteiger partial charge in [0.2, 0.25) is 11.0 Å². The van der Waals surface area contributed by atoms with Gasteiger partial charge in [-0.05, 0) is 29.4 Å². The third kappa shape index (κ3) is 6.99. The molecule has 0 saturated heterocycles. The first-order chi connectivity index (χ1) is 12.1. The van der Waals surface area contributed by atoms with Gasteiger partial charge in [0.05, 0.1) is 0 Å². The Bertz CT molecular complexity index is 759. The molecule has 1 N–H and O–H groups in total. The van der Waals surface area contributed by atoms with E-state index in [0.717, 1.165) is 12.5 Å². The van der Waals surface area contributed by atoms with Crippen LogP contribution in [0.2, 0.25) is 0 Å². The summed E-state index contributed by atoms with van der Waals surface area (Å²) >= 11 is 2.54. The van der Waals surface area contributed by atoms with E-state index in [1.165, 1.54) is 35.2 Å². The Morgan fingerprint density at radius 1 is 1.31 bits per heavy atom. The SMILES string of the molecule is CC(CC(=O)Nc1nnc(SCc2ccc(F)cc2F)s1)CC(C)(C)C. The first kappa shape index (κ1) is 20.8. The Labute approximate surface area is 160 Å². The molecule has 1 amide bonds. The summed E-state index contributed by atoms with van der Waals surface area (Å²) in [6.45, 7) is 8.52. The standard InChI is InChI=1S/C18H23F2N3OS2/c1-11(9-18(2,3)4)7-15(24)21-16-22-23-17(26-16)25-10-12-5-6-13(19)8-14(12)20/h5-6,8,11H,7,9-10H2,1-4H3,(H,21,22,24). The fourth-order valence-corrected chi connectivity index (χ4v) is 4.46. The van der Waals surface area contributed by atoms with Gasteiger partial charge in [0.1, 0.15) is 11.6 Å². The van der Waals surface area contributed by atoms with Gasteiger partial charge in [0, 0.05) is 18.2 Å². The lowest BCUT2D eigenvalue weighted by molar-refractivity contribution is -0.117. The van der Waals surface area contributed by atoms with Crippen molar-refractivity contribution in [2.75, 3.05) is 5.32 Å². The average molecular weight is 400 g/mol. The van der Waals surface area contributed by atoms with Crippen LogP contribution in [0.5, 0.6) is 0 Å². The first-order valence-corrected chi connectivity index (χ1v) is 10.1. The Balaban J connectivity index is 1.84. The highest BCUT2D eigenvalue weighted by atomic mass is 32.2. The van der Waals surface area contributed by atoms with E-state index in [9.17, 15) is 13.6 Å². The zero-order chi connectivity index (χ0) is 19.3. The lowest BCUT2D eigenvalue weighted by Gasteiger charge is -2.22. The van der Waals surface area contributed by atoms with Crippen LogP contribution in [-0.4, -0.2) is 16.1 Å². The smallest absolute Gasteiger partial charge is 0.226 e. The molecular formula is C18H23F2N3OS2. The number of nitrogens with one attached hydrogen (secondary N) is 1. The fourth-order valence-electron chi connectivity index (χ4n) is 2.70. The van der Waals surface area contributed by atoms with Crippen LogP contribution in [0.3, 0.4) is 0 Å². The van der Waals surface area contributed by atoms with Crippen molar-refractivity contribution in [3.05, 3.63) is 35.4 Å². The summed E-state index contributed by atoms with van der Waals surface area (Å²) in [5.74, 6) is -0.671. The molecule has 0 spiro atoms. The van der Waals surface area contributed by atoms with Crippen molar-refractivity contribution in [3.63, 3.8) is 0 Å².